The predicted molar refractivity (Wildman–Crippen MR) is 120 cm³/mol. The van der Waals surface area contributed by atoms with Crippen molar-refractivity contribution in [1.29, 1.82) is 0 Å². The lowest BCUT2D eigenvalue weighted by molar-refractivity contribution is -0.132. The van der Waals surface area contributed by atoms with Crippen LogP contribution in [0.1, 0.15) is 29.9 Å². The van der Waals surface area contributed by atoms with Gasteiger partial charge in [0.15, 0.2) is 0 Å². The summed E-state index contributed by atoms with van der Waals surface area (Å²) in [5, 5.41) is 0.711. The number of amides is 2. The van der Waals surface area contributed by atoms with Crippen LogP contribution < -0.4 is 0 Å². The molecule has 29 heavy (non-hydrogen) atoms. The average Bonchev–Trinajstić information content (AvgIpc) is 3.60. The van der Waals surface area contributed by atoms with Crippen LogP contribution in [0.2, 0.25) is 5.02 Å². The minimum atomic E-state index is 0.120. The fraction of sp³-hybridized carbons (Fsp3) is 0.391. The van der Waals surface area contributed by atoms with Crippen molar-refractivity contribution in [2.24, 2.45) is 0 Å². The first kappa shape index (κ1) is 21.7. The topological polar surface area (TPSA) is 40.6 Å². The Balaban J connectivity index is 0.000000220. The van der Waals surface area contributed by atoms with Crippen LogP contribution in [0, 0.1) is 6.92 Å². The molecule has 0 spiro atoms. The van der Waals surface area contributed by atoms with Crippen molar-refractivity contribution in [2.45, 2.75) is 30.6 Å². The normalized spacial score (nSPS) is 16.1. The maximum absolute atomic E-state index is 12.1. The van der Waals surface area contributed by atoms with Gasteiger partial charge in [-0.2, -0.15) is 0 Å². The van der Waals surface area contributed by atoms with E-state index in [9.17, 15) is 9.59 Å². The summed E-state index contributed by atoms with van der Waals surface area (Å²) in [5.41, 5.74) is 2.61. The smallest absolute Gasteiger partial charge is 0.233 e. The van der Waals surface area contributed by atoms with E-state index in [0.717, 1.165) is 22.8 Å². The van der Waals surface area contributed by atoms with Gasteiger partial charge in [0.05, 0.1) is 5.75 Å². The molecule has 1 saturated carbocycles. The molecule has 0 aromatic heterocycles. The Kier molecular flexibility index (Phi) is 8.01. The molecule has 4 nitrogen and oxygen atoms in total. The zero-order chi connectivity index (χ0) is 20.6. The average molecular weight is 431 g/mol. The molecule has 1 aliphatic heterocycles. The minimum absolute atomic E-state index is 0.120. The Hall–Kier alpha value is -1.98. The van der Waals surface area contributed by atoms with Gasteiger partial charge in [-0.25, -0.2) is 0 Å². The molecule has 4 rings (SSSR count). The monoisotopic (exact) mass is 430 g/mol. The number of benzene rings is 2. The molecule has 0 bridgehead atoms. The third-order valence-electron chi connectivity index (χ3n) is 5.15. The van der Waals surface area contributed by atoms with Gasteiger partial charge in [-0.3, -0.25) is 9.59 Å². The highest BCUT2D eigenvalue weighted by molar-refractivity contribution is 8.00. The predicted octanol–water partition coefficient (Wildman–Crippen LogP) is 4.61. The van der Waals surface area contributed by atoms with Crippen LogP contribution in [-0.2, 0) is 9.59 Å². The summed E-state index contributed by atoms with van der Waals surface area (Å²) < 4.78 is 0. The van der Waals surface area contributed by atoms with Crippen molar-refractivity contribution in [2.75, 3.05) is 31.9 Å². The summed E-state index contributed by atoms with van der Waals surface area (Å²) in [4.78, 5) is 27.3. The number of nitrogens with zero attached hydrogens (tertiary/aromatic N) is 2. The molecular weight excluding hydrogens is 404 g/mol. The molecule has 1 heterocycles. The maximum atomic E-state index is 12.1. The van der Waals surface area contributed by atoms with Crippen LogP contribution in [0.25, 0.3) is 0 Å². The molecule has 2 aromatic carbocycles. The zero-order valence-corrected chi connectivity index (χ0v) is 18.3. The Morgan fingerprint density at radius 1 is 1.10 bits per heavy atom. The largest absolute Gasteiger partial charge is 0.342 e. The number of hydrogen-bond acceptors (Lipinski definition) is 3. The van der Waals surface area contributed by atoms with E-state index in [0.29, 0.717) is 37.0 Å². The van der Waals surface area contributed by atoms with E-state index < -0.39 is 0 Å². The molecule has 2 amide bonds. The van der Waals surface area contributed by atoms with Crippen LogP contribution in [0.5, 0.6) is 0 Å². The van der Waals surface area contributed by atoms with E-state index in [1.165, 1.54) is 30.2 Å². The van der Waals surface area contributed by atoms with Crippen molar-refractivity contribution >= 4 is 35.7 Å². The molecule has 1 aliphatic carbocycles. The fourth-order valence-corrected chi connectivity index (χ4v) is 4.36. The second-order valence-electron chi connectivity index (χ2n) is 7.41. The lowest BCUT2D eigenvalue weighted by Crippen LogP contribution is -2.48. The van der Waals surface area contributed by atoms with E-state index in [1.807, 2.05) is 30.0 Å². The Bertz CT molecular complexity index is 819. The van der Waals surface area contributed by atoms with Gasteiger partial charge in [0, 0.05) is 36.1 Å². The lowest BCUT2D eigenvalue weighted by atomic mass is 10.1. The summed E-state index contributed by atoms with van der Waals surface area (Å²) in [6.45, 7) is 4.48. The number of aryl methyl sites for hydroxylation is 1. The number of hydrogen-bond donors (Lipinski definition) is 0. The number of carbonyl (C=O) groups is 2. The van der Waals surface area contributed by atoms with Gasteiger partial charge in [0.25, 0.3) is 0 Å². The standard InChI is InChI=1S/C14H17ClN2O2S.C9H10/c1-11-8-12(15)2-3-13(11)20-9-14(19)17-6-4-16(10-18)5-7-17;1-2-4-8(5-3-1)9-6-7-9/h2-3,8,10H,4-7,9H2,1H3;1-5,9H,6-7H2. The van der Waals surface area contributed by atoms with E-state index in [-0.39, 0.29) is 5.91 Å². The van der Waals surface area contributed by atoms with Crippen molar-refractivity contribution in [1.82, 2.24) is 9.80 Å². The van der Waals surface area contributed by atoms with Gasteiger partial charge >= 0.3 is 0 Å². The molecule has 0 N–H and O–H groups in total. The zero-order valence-electron chi connectivity index (χ0n) is 16.7. The van der Waals surface area contributed by atoms with E-state index in [2.05, 4.69) is 30.3 Å². The molecular formula is C23H27ClN2O2S. The third kappa shape index (κ3) is 6.79. The van der Waals surface area contributed by atoms with Crippen molar-refractivity contribution in [3.8, 4) is 0 Å². The number of halogens is 1. The molecule has 0 atom stereocenters. The number of thioether (sulfide) groups is 1. The van der Waals surface area contributed by atoms with Gasteiger partial charge in [0.2, 0.25) is 12.3 Å². The lowest BCUT2D eigenvalue weighted by Gasteiger charge is -2.32. The Morgan fingerprint density at radius 2 is 1.79 bits per heavy atom. The molecule has 154 valence electrons. The van der Waals surface area contributed by atoms with Crippen LogP contribution in [0.3, 0.4) is 0 Å². The highest BCUT2D eigenvalue weighted by atomic mass is 35.5. The molecule has 1 saturated heterocycles. The minimum Gasteiger partial charge on any atom is -0.342 e. The van der Waals surface area contributed by atoms with Gasteiger partial charge in [0.1, 0.15) is 0 Å². The van der Waals surface area contributed by atoms with E-state index >= 15 is 0 Å². The van der Waals surface area contributed by atoms with Crippen LogP contribution in [-0.4, -0.2) is 54.0 Å². The van der Waals surface area contributed by atoms with Crippen molar-refractivity contribution < 1.29 is 9.59 Å². The van der Waals surface area contributed by atoms with Crippen molar-refractivity contribution in [3.63, 3.8) is 0 Å². The molecule has 0 unspecified atom stereocenters. The van der Waals surface area contributed by atoms with Gasteiger partial charge in [-0.15, -0.1) is 11.8 Å². The van der Waals surface area contributed by atoms with Crippen LogP contribution in [0.4, 0.5) is 0 Å². The van der Waals surface area contributed by atoms with Gasteiger partial charge in [-0.1, -0.05) is 41.9 Å². The molecule has 6 heteroatoms. The fourth-order valence-electron chi connectivity index (χ4n) is 3.22. The summed E-state index contributed by atoms with van der Waals surface area (Å²) in [6, 6.07) is 16.4. The number of carbonyl (C=O) groups excluding carboxylic acids is 2. The Labute approximate surface area is 182 Å². The van der Waals surface area contributed by atoms with Crippen LogP contribution in [0.15, 0.2) is 53.4 Å². The van der Waals surface area contributed by atoms with E-state index in [1.54, 1.807) is 4.90 Å². The SMILES string of the molecule is Cc1cc(Cl)ccc1SCC(=O)N1CCN(C=O)CC1.c1ccc(C2CC2)cc1. The molecule has 0 radical (unpaired) electrons. The molecule has 2 fully saturated rings. The first-order valence-electron chi connectivity index (χ1n) is 9.98. The van der Waals surface area contributed by atoms with Gasteiger partial charge < -0.3 is 9.80 Å². The molecule has 2 aromatic rings. The van der Waals surface area contributed by atoms with Crippen molar-refractivity contribution in [3.05, 3.63) is 64.7 Å². The second kappa shape index (κ2) is 10.7. The van der Waals surface area contributed by atoms with Crippen LogP contribution >= 0.6 is 23.4 Å². The Morgan fingerprint density at radius 3 is 2.38 bits per heavy atom. The summed E-state index contributed by atoms with van der Waals surface area (Å²) >= 11 is 7.44. The third-order valence-corrected chi connectivity index (χ3v) is 6.55. The van der Waals surface area contributed by atoms with Gasteiger partial charge in [-0.05, 0) is 55.0 Å². The second-order valence-corrected chi connectivity index (χ2v) is 8.86. The number of rotatable bonds is 5. The molecule has 2 aliphatic rings. The highest BCUT2D eigenvalue weighted by Crippen LogP contribution is 2.39. The summed E-state index contributed by atoms with van der Waals surface area (Å²) in [5.74, 6) is 1.45. The highest BCUT2D eigenvalue weighted by Gasteiger charge is 2.22. The first-order valence-corrected chi connectivity index (χ1v) is 11.3. The summed E-state index contributed by atoms with van der Waals surface area (Å²) in [6.07, 6.45) is 3.65. The first-order chi connectivity index (χ1) is 14.1. The maximum Gasteiger partial charge on any atom is 0.233 e. The number of piperazine rings is 1. The quantitative estimate of drug-likeness (QED) is 0.514. The van der Waals surface area contributed by atoms with E-state index in [4.69, 9.17) is 11.6 Å². The summed E-state index contributed by atoms with van der Waals surface area (Å²) in [7, 11) is 0.